The lowest BCUT2D eigenvalue weighted by Crippen LogP contribution is -2.40. The van der Waals surface area contributed by atoms with E-state index in [4.69, 9.17) is 21.6 Å². The van der Waals surface area contributed by atoms with Gasteiger partial charge in [-0.15, -0.1) is 0 Å². The summed E-state index contributed by atoms with van der Waals surface area (Å²) in [6, 6.07) is 6.47. The van der Waals surface area contributed by atoms with Crippen molar-refractivity contribution in [3.8, 4) is 6.07 Å². The smallest absolute Gasteiger partial charge is 0.409 e. The summed E-state index contributed by atoms with van der Waals surface area (Å²) in [5.41, 5.74) is -0.279. The molecule has 1 aliphatic carbocycles. The second kappa shape index (κ2) is 8.32. The van der Waals surface area contributed by atoms with Gasteiger partial charge in [0.25, 0.3) is 5.92 Å². The number of halogens is 3. The lowest BCUT2D eigenvalue weighted by Gasteiger charge is -2.33. The van der Waals surface area contributed by atoms with E-state index >= 15 is 0 Å². The molecule has 3 fully saturated rings. The average molecular weight is 489 g/mol. The minimum atomic E-state index is -3.83. The molecule has 2 heterocycles. The Bertz CT molecular complexity index is 1050. The zero-order chi connectivity index (χ0) is 23.1. The van der Waals surface area contributed by atoms with Crippen molar-refractivity contribution in [2.24, 2.45) is 0 Å². The van der Waals surface area contributed by atoms with Crippen LogP contribution in [-0.4, -0.2) is 57.1 Å². The van der Waals surface area contributed by atoms with E-state index in [1.807, 2.05) is 6.07 Å². The van der Waals surface area contributed by atoms with Crippen LogP contribution in [0.25, 0.3) is 0 Å². The number of nitrogens with one attached hydrogen (secondary N) is 2. The molecule has 1 aromatic carbocycles. The van der Waals surface area contributed by atoms with Gasteiger partial charge in [-0.05, 0) is 31.0 Å². The third kappa shape index (κ3) is 4.77. The fraction of sp³-hybridized carbons (Fsp3) is 0.600. The Morgan fingerprint density at radius 1 is 1.28 bits per heavy atom. The molecule has 32 heavy (non-hydrogen) atoms. The molecule has 4 rings (SSSR count). The lowest BCUT2D eigenvalue weighted by atomic mass is 10.1. The number of ether oxygens (including phenoxy) is 1. The molecule has 1 saturated carbocycles. The molecule has 2 N–H and O–H groups in total. The molecular weight excluding hydrogens is 466 g/mol. The Balaban J connectivity index is 1.39. The van der Waals surface area contributed by atoms with Gasteiger partial charge in [-0.25, -0.2) is 22.0 Å². The molecule has 0 bridgehead atoms. The molecule has 8 nitrogen and oxygen atoms in total. The zero-order valence-electron chi connectivity index (χ0n) is 17.1. The maximum atomic E-state index is 13.4. The summed E-state index contributed by atoms with van der Waals surface area (Å²) in [5.74, 6) is -2.68. The molecular formula is C20H23ClF2N4O4S. The van der Waals surface area contributed by atoms with Gasteiger partial charge in [0.05, 0.1) is 21.2 Å². The Hall–Kier alpha value is -2.16. The normalized spacial score (nSPS) is 26.2. The number of rotatable bonds is 5. The van der Waals surface area contributed by atoms with Crippen LogP contribution < -0.4 is 15.5 Å². The number of amides is 1. The summed E-state index contributed by atoms with van der Waals surface area (Å²) in [6.07, 6.45) is -0.948. The summed E-state index contributed by atoms with van der Waals surface area (Å²) in [5, 5.41) is 13.5. The number of piperidine rings is 1. The van der Waals surface area contributed by atoms with E-state index in [1.54, 1.807) is 11.0 Å². The lowest BCUT2D eigenvalue weighted by molar-refractivity contribution is -0.0220. The second-order valence-corrected chi connectivity index (χ2v) is 11.1. The topological polar surface area (TPSA) is 112 Å². The van der Waals surface area contributed by atoms with Crippen molar-refractivity contribution in [3.05, 3.63) is 23.2 Å². The zero-order valence-corrected chi connectivity index (χ0v) is 18.7. The van der Waals surface area contributed by atoms with Crippen LogP contribution in [-0.2, 0) is 14.6 Å². The molecule has 3 aliphatic rings. The van der Waals surface area contributed by atoms with Gasteiger partial charge in [0, 0.05) is 44.6 Å². The minimum Gasteiger partial charge on any atom is -0.430 e. The van der Waals surface area contributed by atoms with Crippen LogP contribution in [0.3, 0.4) is 0 Å². The first kappa shape index (κ1) is 23.0. The third-order valence-electron chi connectivity index (χ3n) is 6.13. The average Bonchev–Trinajstić information content (AvgIpc) is 3.33. The fourth-order valence-corrected chi connectivity index (χ4v) is 6.12. The highest BCUT2D eigenvalue weighted by atomic mass is 35.5. The number of hydrogen-bond acceptors (Lipinski definition) is 7. The van der Waals surface area contributed by atoms with Crippen molar-refractivity contribution in [1.82, 2.24) is 10.6 Å². The molecule has 174 valence electrons. The monoisotopic (exact) mass is 488 g/mol. The largest absolute Gasteiger partial charge is 0.430 e. The highest BCUT2D eigenvalue weighted by Gasteiger charge is 2.46. The summed E-state index contributed by atoms with van der Waals surface area (Å²) in [4.78, 5) is 13.7. The van der Waals surface area contributed by atoms with E-state index in [-0.39, 0.29) is 48.8 Å². The van der Waals surface area contributed by atoms with E-state index in [9.17, 15) is 22.0 Å². The van der Waals surface area contributed by atoms with Crippen LogP contribution in [0.2, 0.25) is 5.02 Å². The SMILES string of the molecule is N#CC1(NC(=O)O[C@H]2C[C@@H](S(=O)(=O)c3ccc(N4CCC(F)(F)CC4)cc3Cl)CN2)CC1. The number of hydrogen-bond donors (Lipinski definition) is 2. The van der Waals surface area contributed by atoms with E-state index in [1.165, 1.54) is 12.1 Å². The van der Waals surface area contributed by atoms with Crippen LogP contribution in [0, 0.1) is 11.3 Å². The number of alkyl halides is 2. The van der Waals surface area contributed by atoms with Gasteiger partial charge in [-0.3, -0.25) is 5.32 Å². The standard InChI is InChI=1S/C20H23ClF2N4O4S/c21-15-9-13(27-7-5-20(22,23)6-8-27)1-2-16(15)32(29,30)14-10-17(25-11-14)31-18(28)26-19(12-24)3-4-19/h1-2,9,14,17,25H,3-8,10-11H2,(H,26,28)/t14-,17+/m1/s1. The molecule has 0 spiro atoms. The molecule has 1 aromatic rings. The maximum Gasteiger partial charge on any atom is 0.409 e. The number of anilines is 1. The predicted molar refractivity (Wildman–Crippen MR) is 112 cm³/mol. The maximum absolute atomic E-state index is 13.4. The fourth-order valence-electron chi connectivity index (χ4n) is 3.93. The highest BCUT2D eigenvalue weighted by molar-refractivity contribution is 7.92. The minimum absolute atomic E-state index is 0.0200. The summed E-state index contributed by atoms with van der Waals surface area (Å²) >= 11 is 6.28. The number of carbonyl (C=O) groups excluding carboxylic acids is 1. The van der Waals surface area contributed by atoms with Gasteiger partial charge >= 0.3 is 6.09 Å². The molecule has 0 radical (unpaired) electrons. The molecule has 2 atom stereocenters. The Labute approximate surface area is 189 Å². The molecule has 0 aromatic heterocycles. The summed E-state index contributed by atoms with van der Waals surface area (Å²) < 4.78 is 58.2. The number of carbonyl (C=O) groups is 1. The van der Waals surface area contributed by atoms with Gasteiger partial charge in [0.2, 0.25) is 0 Å². The van der Waals surface area contributed by atoms with Gasteiger partial charge in [0.1, 0.15) is 5.54 Å². The van der Waals surface area contributed by atoms with Gasteiger partial charge in [-0.2, -0.15) is 5.26 Å². The van der Waals surface area contributed by atoms with Crippen molar-refractivity contribution < 1.29 is 26.7 Å². The molecule has 1 amide bonds. The van der Waals surface area contributed by atoms with E-state index in [0.29, 0.717) is 18.5 Å². The molecule has 12 heteroatoms. The van der Waals surface area contributed by atoms with Crippen molar-refractivity contribution in [2.45, 2.75) is 59.9 Å². The van der Waals surface area contributed by atoms with Crippen LogP contribution >= 0.6 is 11.6 Å². The molecule has 0 unspecified atom stereocenters. The Morgan fingerprint density at radius 3 is 2.56 bits per heavy atom. The summed E-state index contributed by atoms with van der Waals surface area (Å²) in [7, 11) is -3.83. The quantitative estimate of drug-likeness (QED) is 0.655. The first-order chi connectivity index (χ1) is 15.0. The first-order valence-electron chi connectivity index (χ1n) is 10.3. The molecule has 2 aliphatic heterocycles. The van der Waals surface area contributed by atoms with Crippen molar-refractivity contribution >= 4 is 33.2 Å². The molecule has 2 saturated heterocycles. The second-order valence-electron chi connectivity index (χ2n) is 8.48. The van der Waals surface area contributed by atoms with Crippen LogP contribution in [0.5, 0.6) is 0 Å². The van der Waals surface area contributed by atoms with Crippen LogP contribution in [0.1, 0.15) is 32.1 Å². The Morgan fingerprint density at radius 2 is 1.97 bits per heavy atom. The predicted octanol–water partition coefficient (Wildman–Crippen LogP) is 2.82. The van der Waals surface area contributed by atoms with Gasteiger partial charge < -0.3 is 15.0 Å². The van der Waals surface area contributed by atoms with E-state index in [2.05, 4.69) is 10.6 Å². The number of alkyl carbamates (subject to hydrolysis) is 1. The van der Waals surface area contributed by atoms with E-state index < -0.39 is 38.9 Å². The third-order valence-corrected chi connectivity index (χ3v) is 8.76. The number of benzene rings is 1. The number of nitrogens with zero attached hydrogens (tertiary/aromatic N) is 2. The van der Waals surface area contributed by atoms with Crippen molar-refractivity contribution in [3.63, 3.8) is 0 Å². The van der Waals surface area contributed by atoms with Crippen LogP contribution in [0.4, 0.5) is 19.3 Å². The summed E-state index contributed by atoms with van der Waals surface area (Å²) in [6.45, 7) is 0.398. The Kier molecular flexibility index (Phi) is 5.98. The van der Waals surface area contributed by atoms with Crippen LogP contribution in [0.15, 0.2) is 23.1 Å². The number of sulfone groups is 1. The van der Waals surface area contributed by atoms with E-state index in [0.717, 1.165) is 0 Å². The highest BCUT2D eigenvalue weighted by Crippen LogP contribution is 2.36. The number of nitriles is 1. The first-order valence-corrected chi connectivity index (χ1v) is 12.3. The van der Waals surface area contributed by atoms with Crippen molar-refractivity contribution in [1.29, 1.82) is 5.26 Å². The van der Waals surface area contributed by atoms with Gasteiger partial charge in [-0.1, -0.05) is 11.6 Å². The van der Waals surface area contributed by atoms with Crippen molar-refractivity contribution in [2.75, 3.05) is 24.5 Å². The van der Waals surface area contributed by atoms with Gasteiger partial charge in [0.15, 0.2) is 16.1 Å².